The van der Waals surface area contributed by atoms with Gasteiger partial charge in [0.1, 0.15) is 17.6 Å². The molecule has 2 unspecified atom stereocenters. The minimum atomic E-state index is -0.834. The maximum atomic E-state index is 11.3. The third-order valence-corrected chi connectivity index (χ3v) is 2.89. The highest BCUT2D eigenvalue weighted by atomic mass is 16.7. The van der Waals surface area contributed by atoms with Crippen LogP contribution in [0.4, 0.5) is 0 Å². The lowest BCUT2D eigenvalue weighted by molar-refractivity contribution is -0.176. The zero-order valence-electron chi connectivity index (χ0n) is 9.64. The monoisotopic (exact) mass is 238 g/mol. The van der Waals surface area contributed by atoms with Crippen molar-refractivity contribution in [3.8, 4) is 11.5 Å². The maximum Gasteiger partial charge on any atom is 0.188 e. The fourth-order valence-electron chi connectivity index (χ4n) is 1.98. The molecule has 92 valence electrons. The van der Waals surface area contributed by atoms with E-state index in [4.69, 9.17) is 9.47 Å². The molecule has 0 bridgehead atoms. The van der Waals surface area contributed by atoms with E-state index in [1.807, 2.05) is 0 Å². The normalized spacial score (nSPS) is 23.2. The molecule has 0 aliphatic carbocycles. The van der Waals surface area contributed by atoms with E-state index in [1.165, 1.54) is 26.2 Å². The summed E-state index contributed by atoms with van der Waals surface area (Å²) in [6, 6.07) is 2.76. The van der Waals surface area contributed by atoms with Crippen molar-refractivity contribution >= 4 is 5.78 Å². The first-order chi connectivity index (χ1) is 8.04. The fraction of sp³-hybridized carbons (Fsp3) is 0.417. The molecular formula is C12H14O5. The van der Waals surface area contributed by atoms with Gasteiger partial charge in [0.25, 0.3) is 0 Å². The Morgan fingerprint density at radius 3 is 2.65 bits per heavy atom. The van der Waals surface area contributed by atoms with Gasteiger partial charge in [0.05, 0.1) is 5.56 Å². The third-order valence-electron chi connectivity index (χ3n) is 2.89. The number of rotatable bonds is 2. The molecule has 0 radical (unpaired) electrons. The predicted molar refractivity (Wildman–Crippen MR) is 58.8 cm³/mol. The van der Waals surface area contributed by atoms with E-state index in [1.54, 1.807) is 0 Å². The van der Waals surface area contributed by atoms with Crippen molar-refractivity contribution in [2.75, 3.05) is 7.11 Å². The number of Topliss-reactive ketones (excluding diaryl/α,β-unsaturated/α-hetero) is 1. The highest BCUT2D eigenvalue weighted by Gasteiger charge is 2.33. The first-order valence-corrected chi connectivity index (χ1v) is 5.27. The van der Waals surface area contributed by atoms with Gasteiger partial charge in [-0.3, -0.25) is 4.79 Å². The highest BCUT2D eigenvalue weighted by Crippen LogP contribution is 2.40. The van der Waals surface area contributed by atoms with Crippen molar-refractivity contribution in [2.45, 2.75) is 25.7 Å². The summed E-state index contributed by atoms with van der Waals surface area (Å²) in [5, 5.41) is 19.5. The van der Waals surface area contributed by atoms with Gasteiger partial charge in [-0.25, -0.2) is 0 Å². The third kappa shape index (κ3) is 1.99. The van der Waals surface area contributed by atoms with Gasteiger partial charge in [-0.05, 0) is 19.1 Å². The van der Waals surface area contributed by atoms with Gasteiger partial charge in [-0.2, -0.15) is 0 Å². The Kier molecular flexibility index (Phi) is 3.04. The van der Waals surface area contributed by atoms with E-state index in [0.29, 0.717) is 11.1 Å². The Bertz CT molecular complexity index is 454. The minimum absolute atomic E-state index is 0.00773. The molecule has 1 aromatic rings. The van der Waals surface area contributed by atoms with Crippen LogP contribution >= 0.6 is 0 Å². The molecule has 17 heavy (non-hydrogen) atoms. The summed E-state index contributed by atoms with van der Waals surface area (Å²) in [7, 11) is 1.42. The summed E-state index contributed by atoms with van der Waals surface area (Å²) < 4.78 is 10.5. The van der Waals surface area contributed by atoms with E-state index < -0.39 is 12.4 Å². The Labute approximate surface area is 98.6 Å². The second kappa shape index (κ2) is 4.35. The van der Waals surface area contributed by atoms with Gasteiger partial charge in [-0.15, -0.1) is 0 Å². The number of carbonyl (C=O) groups excluding carboxylic acids is 1. The second-order valence-corrected chi connectivity index (χ2v) is 4.00. The molecule has 1 aliphatic rings. The fourth-order valence-corrected chi connectivity index (χ4v) is 1.98. The Balaban J connectivity index is 2.51. The average molecular weight is 238 g/mol. The predicted octanol–water partition coefficient (Wildman–Crippen LogP) is 1.27. The van der Waals surface area contributed by atoms with E-state index in [0.717, 1.165) is 0 Å². The molecule has 1 aliphatic heterocycles. The quantitative estimate of drug-likeness (QED) is 0.759. The van der Waals surface area contributed by atoms with Crippen LogP contribution in [0.15, 0.2) is 12.1 Å². The Morgan fingerprint density at radius 2 is 2.06 bits per heavy atom. The number of aromatic hydroxyl groups is 2. The smallest absolute Gasteiger partial charge is 0.188 e. The number of ether oxygens (including phenoxy) is 2. The minimum Gasteiger partial charge on any atom is -0.508 e. The van der Waals surface area contributed by atoms with Crippen LogP contribution in [-0.4, -0.2) is 29.2 Å². The van der Waals surface area contributed by atoms with Gasteiger partial charge in [0, 0.05) is 19.1 Å². The van der Waals surface area contributed by atoms with Crippen LogP contribution in [0.2, 0.25) is 0 Å². The van der Waals surface area contributed by atoms with Crippen molar-refractivity contribution in [3.63, 3.8) is 0 Å². The molecule has 0 fully saturated rings. The van der Waals surface area contributed by atoms with Crippen LogP contribution < -0.4 is 0 Å². The summed E-state index contributed by atoms with van der Waals surface area (Å²) >= 11 is 0. The van der Waals surface area contributed by atoms with Crippen molar-refractivity contribution in [1.82, 2.24) is 0 Å². The van der Waals surface area contributed by atoms with Crippen LogP contribution in [0.3, 0.4) is 0 Å². The lowest BCUT2D eigenvalue weighted by Crippen LogP contribution is -2.32. The summed E-state index contributed by atoms with van der Waals surface area (Å²) in [6.45, 7) is 1.42. The van der Waals surface area contributed by atoms with Crippen LogP contribution in [0.1, 0.15) is 24.3 Å². The molecule has 0 aromatic heterocycles. The first kappa shape index (κ1) is 11.9. The number of carbonyl (C=O) groups is 1. The SMILES string of the molecule is COC1OC(C(C)=O)Cc2c(O)ccc(O)c21. The standard InChI is InChI=1S/C12H14O5/c1-6(13)10-5-7-8(14)3-4-9(15)11(7)12(16-2)17-10/h3-4,10,12,14-15H,5H2,1-2H3. The molecule has 0 saturated heterocycles. The van der Waals surface area contributed by atoms with Crippen molar-refractivity contribution in [1.29, 1.82) is 0 Å². The van der Waals surface area contributed by atoms with Crippen LogP contribution in [0.25, 0.3) is 0 Å². The molecule has 2 rings (SSSR count). The second-order valence-electron chi connectivity index (χ2n) is 4.00. The molecule has 1 heterocycles. The molecule has 1 aromatic carbocycles. The van der Waals surface area contributed by atoms with E-state index in [9.17, 15) is 15.0 Å². The number of benzene rings is 1. The number of fused-ring (bicyclic) bond motifs is 1. The van der Waals surface area contributed by atoms with Crippen LogP contribution in [0, 0.1) is 0 Å². The number of phenols is 2. The van der Waals surface area contributed by atoms with Crippen molar-refractivity contribution in [3.05, 3.63) is 23.3 Å². The van der Waals surface area contributed by atoms with E-state index in [2.05, 4.69) is 0 Å². The number of phenolic OH excluding ortho intramolecular Hbond substituents is 2. The van der Waals surface area contributed by atoms with E-state index >= 15 is 0 Å². The molecule has 0 saturated carbocycles. The zero-order valence-corrected chi connectivity index (χ0v) is 9.64. The van der Waals surface area contributed by atoms with E-state index in [-0.39, 0.29) is 23.7 Å². The zero-order chi connectivity index (χ0) is 12.6. The first-order valence-electron chi connectivity index (χ1n) is 5.27. The molecule has 0 amide bonds. The van der Waals surface area contributed by atoms with Gasteiger partial charge < -0.3 is 19.7 Å². The number of methoxy groups -OCH3 is 1. The van der Waals surface area contributed by atoms with Gasteiger partial charge in [0.2, 0.25) is 0 Å². The van der Waals surface area contributed by atoms with Crippen molar-refractivity contribution < 1.29 is 24.5 Å². The molecule has 5 nitrogen and oxygen atoms in total. The molecule has 2 N–H and O–H groups in total. The molecule has 5 heteroatoms. The summed E-state index contributed by atoms with van der Waals surface area (Å²) in [5.41, 5.74) is 0.897. The Hall–Kier alpha value is -1.59. The lowest BCUT2D eigenvalue weighted by Gasteiger charge is -2.30. The summed E-state index contributed by atoms with van der Waals surface area (Å²) in [4.78, 5) is 11.3. The van der Waals surface area contributed by atoms with Gasteiger partial charge >= 0.3 is 0 Å². The number of ketones is 1. The largest absolute Gasteiger partial charge is 0.508 e. The maximum absolute atomic E-state index is 11.3. The summed E-state index contributed by atoms with van der Waals surface area (Å²) in [6.07, 6.45) is -1.25. The van der Waals surface area contributed by atoms with Crippen LogP contribution in [0.5, 0.6) is 11.5 Å². The average Bonchev–Trinajstić information content (AvgIpc) is 2.32. The highest BCUT2D eigenvalue weighted by molar-refractivity contribution is 5.81. The van der Waals surface area contributed by atoms with Crippen LogP contribution in [-0.2, 0) is 20.7 Å². The van der Waals surface area contributed by atoms with Crippen molar-refractivity contribution in [2.24, 2.45) is 0 Å². The molecule has 0 spiro atoms. The van der Waals surface area contributed by atoms with Gasteiger partial charge in [0.15, 0.2) is 12.1 Å². The lowest BCUT2D eigenvalue weighted by atomic mass is 9.94. The number of hydrogen-bond acceptors (Lipinski definition) is 5. The molecular weight excluding hydrogens is 224 g/mol. The summed E-state index contributed by atoms with van der Waals surface area (Å²) in [5.74, 6) is -0.110. The Morgan fingerprint density at radius 1 is 1.41 bits per heavy atom. The van der Waals surface area contributed by atoms with Gasteiger partial charge in [-0.1, -0.05) is 0 Å². The number of hydrogen-bond donors (Lipinski definition) is 2. The topological polar surface area (TPSA) is 76.0 Å². The molecule has 2 atom stereocenters.